The van der Waals surface area contributed by atoms with Gasteiger partial charge in [-0.05, 0) is 25.1 Å². The number of allylic oxidation sites excluding steroid dienone is 1. The van der Waals surface area contributed by atoms with Crippen molar-refractivity contribution < 1.29 is 9.09 Å². The fraction of sp³-hybridized carbons (Fsp3) is 0.667. The molecule has 11 heavy (non-hydrogen) atoms. The molecule has 0 spiro atoms. The lowest BCUT2D eigenvalue weighted by Crippen LogP contribution is -1.83. The number of hydrogen-bond donors (Lipinski definition) is 0. The molecule has 0 saturated heterocycles. The molecular weight excluding hydrogens is 206 g/mol. The molecule has 2 atom stereocenters. The Morgan fingerprint density at radius 2 is 2.27 bits per heavy atom. The molecule has 0 aromatic rings. The Labute approximate surface area is 76.8 Å². The maximum Gasteiger partial charge on any atom is 0.312 e. The molecule has 0 fully saturated rings. The first-order valence-corrected chi connectivity index (χ1v) is 6.29. The molecule has 0 amide bonds. The molecule has 0 rings (SSSR count). The Morgan fingerprint density at radius 3 is 2.64 bits per heavy atom. The minimum Gasteiger partial charge on any atom is -0.315 e. The van der Waals surface area contributed by atoms with Crippen LogP contribution in [0.15, 0.2) is 11.9 Å². The lowest BCUT2D eigenvalue weighted by atomic mass is 10.5. The SMILES string of the molecule is CCOP(=O)(Cl)C=CC(C)Cl. The molecular formula is C6H11Cl2O2P. The van der Waals surface area contributed by atoms with Gasteiger partial charge in [-0.25, -0.2) is 0 Å². The third-order valence-electron chi connectivity index (χ3n) is 0.834. The molecule has 0 aliphatic carbocycles. The Morgan fingerprint density at radius 1 is 1.73 bits per heavy atom. The summed E-state index contributed by atoms with van der Waals surface area (Å²) in [5, 5.41) is -0.178. The summed E-state index contributed by atoms with van der Waals surface area (Å²) in [6.45, 7) is 0.776. The van der Waals surface area contributed by atoms with Crippen LogP contribution in [0.2, 0.25) is 0 Å². The van der Waals surface area contributed by atoms with E-state index in [2.05, 4.69) is 0 Å². The van der Waals surface area contributed by atoms with Crippen LogP contribution < -0.4 is 0 Å². The van der Waals surface area contributed by atoms with Gasteiger partial charge in [0.1, 0.15) is 0 Å². The van der Waals surface area contributed by atoms with Crippen molar-refractivity contribution in [3.63, 3.8) is 0 Å². The largest absolute Gasteiger partial charge is 0.315 e. The lowest BCUT2D eigenvalue weighted by molar-refractivity contribution is 0.351. The van der Waals surface area contributed by atoms with Gasteiger partial charge < -0.3 is 4.52 Å². The molecule has 0 radical (unpaired) electrons. The zero-order chi connectivity index (χ0) is 8.91. The number of alkyl halides is 1. The summed E-state index contributed by atoms with van der Waals surface area (Å²) >= 11 is 11.0. The van der Waals surface area contributed by atoms with Gasteiger partial charge in [-0.3, -0.25) is 4.57 Å². The van der Waals surface area contributed by atoms with Crippen LogP contribution in [0.25, 0.3) is 0 Å². The van der Waals surface area contributed by atoms with Gasteiger partial charge in [0.2, 0.25) is 0 Å². The average Bonchev–Trinajstić information content (AvgIpc) is 1.84. The second-order valence-electron chi connectivity index (χ2n) is 1.96. The smallest absolute Gasteiger partial charge is 0.312 e. The quantitative estimate of drug-likeness (QED) is 0.531. The van der Waals surface area contributed by atoms with Crippen molar-refractivity contribution in [2.24, 2.45) is 0 Å². The molecule has 5 heteroatoms. The van der Waals surface area contributed by atoms with Crippen LogP contribution in [0.3, 0.4) is 0 Å². The molecule has 0 aliphatic heterocycles. The monoisotopic (exact) mass is 216 g/mol. The fourth-order valence-corrected chi connectivity index (χ4v) is 2.00. The van der Waals surface area contributed by atoms with E-state index in [0.717, 1.165) is 0 Å². The molecule has 66 valence electrons. The zero-order valence-electron chi connectivity index (χ0n) is 6.46. The summed E-state index contributed by atoms with van der Waals surface area (Å²) < 4.78 is 15.9. The Bertz CT molecular complexity index is 179. The molecule has 0 N–H and O–H groups in total. The van der Waals surface area contributed by atoms with E-state index in [1.807, 2.05) is 0 Å². The van der Waals surface area contributed by atoms with E-state index in [9.17, 15) is 4.57 Å². The summed E-state index contributed by atoms with van der Waals surface area (Å²) in [5.41, 5.74) is 0. The van der Waals surface area contributed by atoms with Crippen molar-refractivity contribution >= 4 is 29.6 Å². The van der Waals surface area contributed by atoms with Gasteiger partial charge >= 0.3 is 6.72 Å². The number of rotatable bonds is 4. The van der Waals surface area contributed by atoms with Gasteiger partial charge in [-0.1, -0.05) is 6.08 Å². The number of hydrogen-bond acceptors (Lipinski definition) is 2. The van der Waals surface area contributed by atoms with Crippen molar-refractivity contribution in [2.45, 2.75) is 19.2 Å². The predicted octanol–water partition coefficient (Wildman–Crippen LogP) is 3.60. The van der Waals surface area contributed by atoms with E-state index in [-0.39, 0.29) is 5.38 Å². The highest BCUT2D eigenvalue weighted by Crippen LogP contribution is 2.53. The van der Waals surface area contributed by atoms with Crippen LogP contribution in [0.4, 0.5) is 0 Å². The highest BCUT2D eigenvalue weighted by atomic mass is 35.7. The maximum absolute atomic E-state index is 11.1. The van der Waals surface area contributed by atoms with Gasteiger partial charge in [-0.15, -0.1) is 11.6 Å². The third kappa shape index (κ3) is 6.89. The average molecular weight is 217 g/mol. The Balaban J connectivity index is 4.01. The van der Waals surface area contributed by atoms with Crippen LogP contribution in [0.5, 0.6) is 0 Å². The standard InChI is InChI=1S/C6H11Cl2O2P/c1-3-10-11(8,9)5-4-6(2)7/h4-6H,3H2,1-2H3. The molecule has 0 aromatic carbocycles. The van der Waals surface area contributed by atoms with E-state index < -0.39 is 6.72 Å². The van der Waals surface area contributed by atoms with Gasteiger partial charge in [-0.2, -0.15) is 0 Å². The molecule has 0 bridgehead atoms. The maximum atomic E-state index is 11.1. The van der Waals surface area contributed by atoms with Crippen LogP contribution >= 0.6 is 29.6 Å². The number of halogens is 2. The normalized spacial score (nSPS) is 20.0. The van der Waals surface area contributed by atoms with Gasteiger partial charge in [0.25, 0.3) is 0 Å². The summed E-state index contributed by atoms with van der Waals surface area (Å²) in [4.78, 5) is 0. The third-order valence-corrected chi connectivity index (χ3v) is 2.75. The summed E-state index contributed by atoms with van der Waals surface area (Å²) in [6, 6.07) is 0. The highest BCUT2D eigenvalue weighted by Gasteiger charge is 2.12. The molecule has 2 unspecified atom stereocenters. The Hall–Kier alpha value is 0.510. The minimum absolute atomic E-state index is 0.178. The topological polar surface area (TPSA) is 26.3 Å². The first-order chi connectivity index (χ1) is 4.98. The van der Waals surface area contributed by atoms with Gasteiger partial charge in [0.05, 0.1) is 6.61 Å². The van der Waals surface area contributed by atoms with Crippen molar-refractivity contribution in [1.29, 1.82) is 0 Å². The van der Waals surface area contributed by atoms with Crippen LogP contribution in [0.1, 0.15) is 13.8 Å². The van der Waals surface area contributed by atoms with E-state index in [1.165, 1.54) is 5.82 Å². The molecule has 0 heterocycles. The van der Waals surface area contributed by atoms with Crippen LogP contribution in [-0.4, -0.2) is 12.0 Å². The first-order valence-electron chi connectivity index (χ1n) is 3.25. The first kappa shape index (κ1) is 11.5. The molecule has 2 nitrogen and oxygen atoms in total. The van der Waals surface area contributed by atoms with Crippen molar-refractivity contribution in [2.75, 3.05) is 6.61 Å². The summed E-state index contributed by atoms with van der Waals surface area (Å²) in [7, 11) is 0. The van der Waals surface area contributed by atoms with Crippen LogP contribution in [0, 0.1) is 0 Å². The minimum atomic E-state index is -3.04. The molecule has 0 saturated carbocycles. The lowest BCUT2D eigenvalue weighted by Gasteiger charge is -2.03. The van der Waals surface area contributed by atoms with Crippen molar-refractivity contribution in [3.05, 3.63) is 11.9 Å². The van der Waals surface area contributed by atoms with E-state index in [1.54, 1.807) is 19.9 Å². The van der Waals surface area contributed by atoms with Gasteiger partial charge in [0.15, 0.2) is 0 Å². The highest BCUT2D eigenvalue weighted by molar-refractivity contribution is 7.87. The summed E-state index contributed by atoms with van der Waals surface area (Å²) in [6.07, 6.45) is 1.55. The van der Waals surface area contributed by atoms with Crippen molar-refractivity contribution in [3.8, 4) is 0 Å². The van der Waals surface area contributed by atoms with Gasteiger partial charge in [0, 0.05) is 11.2 Å². The second kappa shape index (κ2) is 5.21. The summed E-state index contributed by atoms with van der Waals surface area (Å²) in [5.74, 6) is 1.32. The van der Waals surface area contributed by atoms with E-state index >= 15 is 0 Å². The Kier molecular flexibility index (Phi) is 5.45. The second-order valence-corrected chi connectivity index (χ2v) is 5.66. The van der Waals surface area contributed by atoms with E-state index in [0.29, 0.717) is 6.61 Å². The fourth-order valence-electron chi connectivity index (χ4n) is 0.440. The van der Waals surface area contributed by atoms with Crippen LogP contribution in [-0.2, 0) is 9.09 Å². The zero-order valence-corrected chi connectivity index (χ0v) is 8.87. The molecule has 0 aliphatic rings. The predicted molar refractivity (Wildman–Crippen MR) is 49.5 cm³/mol. The molecule has 0 aromatic heterocycles. The van der Waals surface area contributed by atoms with Crippen molar-refractivity contribution in [1.82, 2.24) is 0 Å². The van der Waals surface area contributed by atoms with E-state index in [4.69, 9.17) is 27.4 Å².